The van der Waals surface area contributed by atoms with Crippen molar-refractivity contribution in [2.75, 3.05) is 13.7 Å². The highest BCUT2D eigenvalue weighted by molar-refractivity contribution is 6.31. The normalized spacial score (nSPS) is 27.7. The number of Topliss-reactive ketones (excluding diaryl/α,β-unsaturated/α-hetero) is 1. The number of aliphatic hydroxyl groups excluding tert-OH is 1. The molecule has 0 saturated carbocycles. The SMILES string of the molecule is COc1cccc2c1C(=O)c1c(O)c3c(c(O)c1C2=O)C[C@@](O)(C(C)=O)C[C@@H]3OC1CC(NC(=O)OCc2ccccc2[C@@H]2O[C@H](COC(C)=O)[C@H](OC(C)=O)[C@H](OC(C)=O)[C@H]2OC(C)=O)C(O)C(C)O1. The lowest BCUT2D eigenvalue weighted by molar-refractivity contribution is -0.254. The number of nitrogens with one attached hydrogen (secondary N) is 1. The number of methoxy groups -OCH3 is 1. The quantitative estimate of drug-likeness (QED) is 0.0730. The molecule has 380 valence electrons. The Labute approximate surface area is 405 Å². The Morgan fingerprint density at radius 3 is 2.07 bits per heavy atom. The van der Waals surface area contributed by atoms with E-state index in [2.05, 4.69) is 5.32 Å². The number of aromatic hydroxyl groups is 2. The third-order valence-corrected chi connectivity index (χ3v) is 12.8. The molecule has 2 aliphatic heterocycles. The van der Waals surface area contributed by atoms with Crippen molar-refractivity contribution < 1.29 is 101 Å². The average Bonchev–Trinajstić information content (AvgIpc) is 3.30. The summed E-state index contributed by atoms with van der Waals surface area (Å²) in [6, 6.07) is 9.43. The molecule has 4 unspecified atom stereocenters. The summed E-state index contributed by atoms with van der Waals surface area (Å²) in [5.74, 6) is -7.04. The number of amides is 1. The molecule has 3 aromatic rings. The summed E-state index contributed by atoms with van der Waals surface area (Å²) in [7, 11) is 1.29. The monoisotopic (exact) mass is 991 g/mol. The molecule has 3 aromatic carbocycles. The van der Waals surface area contributed by atoms with Crippen LogP contribution in [0.1, 0.15) is 121 Å². The Morgan fingerprint density at radius 1 is 0.775 bits per heavy atom. The fraction of sp³-hybridized carbons (Fsp3) is 0.469. The summed E-state index contributed by atoms with van der Waals surface area (Å²) in [6.45, 7) is 6.04. The van der Waals surface area contributed by atoms with Crippen LogP contribution in [0.25, 0.3) is 0 Å². The molecule has 5 N–H and O–H groups in total. The van der Waals surface area contributed by atoms with Gasteiger partial charge in [-0.15, -0.1) is 0 Å². The molecule has 1 amide bonds. The van der Waals surface area contributed by atoms with Gasteiger partial charge in [-0.05, 0) is 31.0 Å². The van der Waals surface area contributed by atoms with Gasteiger partial charge in [0.2, 0.25) is 5.78 Å². The van der Waals surface area contributed by atoms with Gasteiger partial charge in [-0.1, -0.05) is 36.4 Å². The first-order valence-corrected chi connectivity index (χ1v) is 22.5. The molecule has 2 heterocycles. The number of hydrogen-bond donors (Lipinski definition) is 5. The lowest BCUT2D eigenvalue weighted by Crippen LogP contribution is -2.59. The van der Waals surface area contributed by atoms with Gasteiger partial charge in [-0.2, -0.15) is 0 Å². The number of rotatable bonds is 13. The highest BCUT2D eigenvalue weighted by atomic mass is 16.7. The van der Waals surface area contributed by atoms with Gasteiger partial charge in [0.05, 0.1) is 42.0 Å². The zero-order valence-electron chi connectivity index (χ0n) is 39.6. The van der Waals surface area contributed by atoms with Crippen LogP contribution in [-0.4, -0.2) is 136 Å². The second-order valence-corrected chi connectivity index (χ2v) is 17.6. The van der Waals surface area contributed by atoms with Crippen LogP contribution in [0.15, 0.2) is 42.5 Å². The molecule has 7 rings (SSSR count). The van der Waals surface area contributed by atoms with E-state index in [1.807, 2.05) is 0 Å². The van der Waals surface area contributed by atoms with E-state index in [-0.39, 0.29) is 45.6 Å². The average molecular weight is 992 g/mol. The van der Waals surface area contributed by atoms with Crippen molar-refractivity contribution in [3.63, 3.8) is 0 Å². The fourth-order valence-corrected chi connectivity index (χ4v) is 9.53. The van der Waals surface area contributed by atoms with Crippen molar-refractivity contribution in [1.82, 2.24) is 5.32 Å². The van der Waals surface area contributed by atoms with Crippen LogP contribution < -0.4 is 10.1 Å². The predicted octanol–water partition coefficient (Wildman–Crippen LogP) is 2.79. The summed E-state index contributed by atoms with van der Waals surface area (Å²) in [4.78, 5) is 104. The van der Waals surface area contributed by atoms with Crippen LogP contribution in [0.2, 0.25) is 0 Å². The van der Waals surface area contributed by atoms with Gasteiger partial charge in [0.1, 0.15) is 54.4 Å². The van der Waals surface area contributed by atoms with E-state index in [9.17, 15) is 58.8 Å². The summed E-state index contributed by atoms with van der Waals surface area (Å²) >= 11 is 0. The molecule has 0 aromatic heterocycles. The Kier molecular flexibility index (Phi) is 15.2. The summed E-state index contributed by atoms with van der Waals surface area (Å²) in [5.41, 5.74) is -3.42. The number of hydrogen-bond acceptors (Lipinski definition) is 21. The highest BCUT2D eigenvalue weighted by Gasteiger charge is 2.54. The van der Waals surface area contributed by atoms with Crippen LogP contribution in [-0.2, 0) is 74.9 Å². The minimum absolute atomic E-state index is 0.0358. The number of carbonyl (C=O) groups is 8. The van der Waals surface area contributed by atoms with E-state index in [1.54, 1.807) is 24.3 Å². The van der Waals surface area contributed by atoms with Crippen molar-refractivity contribution in [3.8, 4) is 17.2 Å². The number of phenols is 2. The first-order valence-electron chi connectivity index (χ1n) is 22.5. The van der Waals surface area contributed by atoms with Gasteiger partial charge < -0.3 is 68.4 Å². The Morgan fingerprint density at radius 2 is 1.42 bits per heavy atom. The maximum absolute atomic E-state index is 14.1. The van der Waals surface area contributed by atoms with Crippen LogP contribution in [0.5, 0.6) is 17.2 Å². The maximum atomic E-state index is 14.1. The molecule has 2 fully saturated rings. The minimum atomic E-state index is -2.20. The van der Waals surface area contributed by atoms with E-state index >= 15 is 0 Å². The zero-order chi connectivity index (χ0) is 51.8. The number of ketones is 3. The zero-order valence-corrected chi connectivity index (χ0v) is 39.6. The summed E-state index contributed by atoms with van der Waals surface area (Å²) in [6.07, 6.45) is -14.6. The van der Waals surface area contributed by atoms with Gasteiger partial charge in [0.25, 0.3) is 0 Å². The molecule has 4 aliphatic rings. The van der Waals surface area contributed by atoms with E-state index < -0.39 is 163 Å². The second-order valence-electron chi connectivity index (χ2n) is 17.6. The largest absolute Gasteiger partial charge is 0.507 e. The predicted molar refractivity (Wildman–Crippen MR) is 237 cm³/mol. The molecule has 22 nitrogen and oxygen atoms in total. The molecule has 0 radical (unpaired) electrons. The van der Waals surface area contributed by atoms with E-state index in [4.69, 9.17) is 42.6 Å². The lowest BCUT2D eigenvalue weighted by atomic mass is 9.72. The summed E-state index contributed by atoms with van der Waals surface area (Å²) in [5, 5.41) is 49.1. The van der Waals surface area contributed by atoms with E-state index in [1.165, 1.54) is 32.2 Å². The smallest absolute Gasteiger partial charge is 0.407 e. The van der Waals surface area contributed by atoms with Gasteiger partial charge in [-0.25, -0.2) is 4.79 Å². The molecule has 11 atom stereocenters. The van der Waals surface area contributed by atoms with Gasteiger partial charge in [0.15, 0.2) is 36.2 Å². The van der Waals surface area contributed by atoms with E-state index in [0.717, 1.165) is 34.6 Å². The van der Waals surface area contributed by atoms with Crippen molar-refractivity contribution in [3.05, 3.63) is 87.0 Å². The third-order valence-electron chi connectivity index (χ3n) is 12.8. The molecule has 0 spiro atoms. The highest BCUT2D eigenvalue weighted by Crippen LogP contribution is 2.53. The second kappa shape index (κ2) is 20.8. The number of carbonyl (C=O) groups excluding carboxylic acids is 8. The third kappa shape index (κ3) is 10.4. The van der Waals surface area contributed by atoms with Crippen LogP contribution in [0, 0.1) is 0 Å². The number of ether oxygens (including phenoxy) is 9. The Bertz CT molecular complexity index is 2660. The number of phenolic OH excluding ortho intramolecular Hbond substituents is 2. The van der Waals surface area contributed by atoms with Crippen LogP contribution in [0.3, 0.4) is 0 Å². The topological polar surface area (TPSA) is 313 Å². The molecule has 2 saturated heterocycles. The fourth-order valence-electron chi connectivity index (χ4n) is 9.53. The number of aliphatic hydroxyl groups is 2. The first kappa shape index (κ1) is 51.9. The van der Waals surface area contributed by atoms with Crippen molar-refractivity contribution in [2.24, 2.45) is 0 Å². The van der Waals surface area contributed by atoms with Gasteiger partial charge in [-0.3, -0.25) is 33.6 Å². The minimum Gasteiger partial charge on any atom is -0.507 e. The molecule has 0 bridgehead atoms. The molecular formula is C49H53NO21. The number of esters is 4. The van der Waals surface area contributed by atoms with Crippen LogP contribution in [0.4, 0.5) is 4.79 Å². The van der Waals surface area contributed by atoms with Crippen LogP contribution >= 0.6 is 0 Å². The Balaban J connectivity index is 1.13. The van der Waals surface area contributed by atoms with Crippen molar-refractivity contribution >= 4 is 47.3 Å². The number of fused-ring (bicyclic) bond motifs is 3. The lowest BCUT2D eigenvalue weighted by Gasteiger charge is -2.45. The van der Waals surface area contributed by atoms with Gasteiger partial charge >= 0.3 is 30.0 Å². The number of alkyl carbamates (subject to hydrolysis) is 1. The first-order chi connectivity index (χ1) is 33.5. The van der Waals surface area contributed by atoms with Crippen molar-refractivity contribution in [1.29, 1.82) is 0 Å². The van der Waals surface area contributed by atoms with Crippen molar-refractivity contribution in [2.45, 2.75) is 134 Å². The molecule has 71 heavy (non-hydrogen) atoms. The number of benzene rings is 3. The van der Waals surface area contributed by atoms with E-state index in [0.29, 0.717) is 0 Å². The van der Waals surface area contributed by atoms with Gasteiger partial charge in [0, 0.05) is 63.6 Å². The molecule has 2 aliphatic carbocycles. The molecular weight excluding hydrogens is 939 g/mol. The molecule has 22 heteroatoms. The standard InChI is InChI=1S/C49H53NO21/c1-20-39(56)30(50-48(61)65-18-26-11-8-9-12-27(26)44-46(68-24(5)54)47(69-25(6)55)45(67-23(4)53)33(71-44)19-64-22(3)52)15-34(66-20)70-32-17-49(62,21(2)51)16-29-36(32)43(60)38-37(41(29)58)40(57)28-13-10-14-31(63-7)35(28)42(38)59/h8-14,20,30,32-34,39,44-47,56,58,60,62H,15-19H2,1-7H3,(H,50,61)/t20?,30?,32-,33+,34?,39?,44-,45-,46-,47-,49-/m0/s1. The summed E-state index contributed by atoms with van der Waals surface area (Å²) < 4.78 is 51.4. The Hall–Kier alpha value is -6.98. The maximum Gasteiger partial charge on any atom is 0.407 e.